The minimum Gasteiger partial charge on any atom is -0.496 e. The largest absolute Gasteiger partial charge is 0.496 e. The van der Waals surface area contributed by atoms with Crippen LogP contribution in [0.4, 0.5) is 0 Å². The van der Waals surface area contributed by atoms with E-state index in [-0.39, 0.29) is 11.9 Å². The number of rotatable bonds is 6. The van der Waals surface area contributed by atoms with Crippen LogP contribution in [0, 0.1) is 5.92 Å². The SMILES string of the molecule is COc1ccc(Br)cc1CC(=O)NCC(N)C1CC1. The Morgan fingerprint density at radius 1 is 1.58 bits per heavy atom. The first-order chi connectivity index (χ1) is 9.10. The smallest absolute Gasteiger partial charge is 0.224 e. The number of methoxy groups -OCH3 is 1. The molecule has 1 fully saturated rings. The Morgan fingerprint density at radius 2 is 2.32 bits per heavy atom. The normalized spacial score (nSPS) is 15.9. The van der Waals surface area contributed by atoms with Gasteiger partial charge < -0.3 is 15.8 Å². The maximum atomic E-state index is 11.9. The molecule has 1 atom stereocenters. The minimum absolute atomic E-state index is 0.0208. The van der Waals surface area contributed by atoms with E-state index < -0.39 is 0 Å². The molecule has 1 aromatic carbocycles. The number of nitrogens with two attached hydrogens (primary N) is 1. The summed E-state index contributed by atoms with van der Waals surface area (Å²) < 4.78 is 6.19. The Hall–Kier alpha value is -1.07. The summed E-state index contributed by atoms with van der Waals surface area (Å²) >= 11 is 3.40. The quantitative estimate of drug-likeness (QED) is 0.838. The maximum absolute atomic E-state index is 11.9. The molecule has 1 aliphatic rings. The van der Waals surface area contributed by atoms with E-state index in [4.69, 9.17) is 10.5 Å². The number of carbonyl (C=O) groups is 1. The standard InChI is InChI=1S/C14H19BrN2O2/c1-19-13-5-4-11(15)6-10(13)7-14(18)17-8-12(16)9-2-3-9/h4-6,9,12H,2-3,7-8,16H2,1H3,(H,17,18). The highest BCUT2D eigenvalue weighted by Gasteiger charge is 2.28. The average Bonchev–Trinajstić information content (AvgIpc) is 3.20. The molecule has 1 unspecified atom stereocenters. The molecule has 0 spiro atoms. The van der Waals surface area contributed by atoms with Gasteiger partial charge in [0.2, 0.25) is 5.91 Å². The molecule has 1 amide bonds. The number of carbonyl (C=O) groups excluding carboxylic acids is 1. The van der Waals surface area contributed by atoms with Gasteiger partial charge in [-0.15, -0.1) is 0 Å². The van der Waals surface area contributed by atoms with Crippen molar-refractivity contribution in [3.63, 3.8) is 0 Å². The predicted molar refractivity (Wildman–Crippen MR) is 78.1 cm³/mol. The molecule has 1 aliphatic carbocycles. The van der Waals surface area contributed by atoms with Gasteiger partial charge in [0.15, 0.2) is 0 Å². The topological polar surface area (TPSA) is 64.3 Å². The van der Waals surface area contributed by atoms with E-state index in [2.05, 4.69) is 21.2 Å². The van der Waals surface area contributed by atoms with Crippen molar-refractivity contribution in [2.45, 2.75) is 25.3 Å². The lowest BCUT2D eigenvalue weighted by Crippen LogP contribution is -2.39. The molecule has 0 bridgehead atoms. The van der Waals surface area contributed by atoms with Gasteiger partial charge in [0, 0.05) is 22.6 Å². The molecule has 3 N–H and O–H groups in total. The summed E-state index contributed by atoms with van der Waals surface area (Å²) in [4.78, 5) is 11.9. The second kappa shape index (κ2) is 6.39. The minimum atomic E-state index is -0.0208. The lowest BCUT2D eigenvalue weighted by Gasteiger charge is -2.13. The third-order valence-corrected chi connectivity index (χ3v) is 3.85. The Bertz CT molecular complexity index is 461. The Balaban J connectivity index is 1.88. The van der Waals surface area contributed by atoms with E-state index in [0.717, 1.165) is 15.8 Å². The number of nitrogens with one attached hydrogen (secondary N) is 1. The summed E-state index contributed by atoms with van der Waals surface area (Å²) in [6.07, 6.45) is 2.69. The highest BCUT2D eigenvalue weighted by molar-refractivity contribution is 9.10. The Morgan fingerprint density at radius 3 is 2.95 bits per heavy atom. The van der Waals surface area contributed by atoms with Crippen LogP contribution in [0.5, 0.6) is 5.75 Å². The third-order valence-electron chi connectivity index (χ3n) is 3.36. The zero-order valence-electron chi connectivity index (χ0n) is 11.0. The molecule has 2 rings (SSSR count). The maximum Gasteiger partial charge on any atom is 0.224 e. The van der Waals surface area contributed by atoms with Crippen LogP contribution in [0.2, 0.25) is 0 Å². The number of benzene rings is 1. The molecule has 0 saturated heterocycles. The molecular formula is C14H19BrN2O2. The average molecular weight is 327 g/mol. The Labute approximate surface area is 121 Å². The third kappa shape index (κ3) is 4.21. The van der Waals surface area contributed by atoms with Crippen LogP contribution < -0.4 is 15.8 Å². The number of halogens is 1. The van der Waals surface area contributed by atoms with Gasteiger partial charge in [0.1, 0.15) is 5.75 Å². The van der Waals surface area contributed by atoms with Crippen molar-refractivity contribution in [1.29, 1.82) is 0 Å². The van der Waals surface area contributed by atoms with Crippen LogP contribution >= 0.6 is 15.9 Å². The fraction of sp³-hybridized carbons (Fsp3) is 0.500. The van der Waals surface area contributed by atoms with Crippen molar-refractivity contribution in [3.05, 3.63) is 28.2 Å². The zero-order valence-corrected chi connectivity index (χ0v) is 12.6. The molecular weight excluding hydrogens is 308 g/mol. The van der Waals surface area contributed by atoms with Gasteiger partial charge in [-0.3, -0.25) is 4.79 Å². The van der Waals surface area contributed by atoms with E-state index >= 15 is 0 Å². The summed E-state index contributed by atoms with van der Waals surface area (Å²) in [5.74, 6) is 1.30. The number of ether oxygens (including phenoxy) is 1. The van der Waals surface area contributed by atoms with Crippen LogP contribution in [-0.2, 0) is 11.2 Å². The van der Waals surface area contributed by atoms with Crippen molar-refractivity contribution in [2.75, 3.05) is 13.7 Å². The van der Waals surface area contributed by atoms with Crippen molar-refractivity contribution >= 4 is 21.8 Å². The molecule has 104 valence electrons. The molecule has 0 aromatic heterocycles. The second-order valence-corrected chi connectivity index (χ2v) is 5.85. The lowest BCUT2D eigenvalue weighted by molar-refractivity contribution is -0.120. The monoisotopic (exact) mass is 326 g/mol. The second-order valence-electron chi connectivity index (χ2n) is 4.94. The van der Waals surface area contributed by atoms with Gasteiger partial charge >= 0.3 is 0 Å². The Kier molecular flexibility index (Phi) is 4.82. The number of amides is 1. The number of hydrogen-bond donors (Lipinski definition) is 2. The van der Waals surface area contributed by atoms with Crippen molar-refractivity contribution in [1.82, 2.24) is 5.32 Å². The lowest BCUT2D eigenvalue weighted by atomic mass is 10.1. The zero-order chi connectivity index (χ0) is 13.8. The first kappa shape index (κ1) is 14.3. The van der Waals surface area contributed by atoms with Crippen molar-refractivity contribution in [3.8, 4) is 5.75 Å². The molecule has 4 nitrogen and oxygen atoms in total. The highest BCUT2D eigenvalue weighted by Crippen LogP contribution is 2.31. The van der Waals surface area contributed by atoms with Crippen molar-refractivity contribution < 1.29 is 9.53 Å². The van der Waals surface area contributed by atoms with Gasteiger partial charge in [-0.2, -0.15) is 0 Å². The fourth-order valence-electron chi connectivity index (χ4n) is 2.04. The van der Waals surface area contributed by atoms with Gasteiger partial charge in [0.05, 0.1) is 13.5 Å². The molecule has 0 aliphatic heterocycles. The summed E-state index contributed by atoms with van der Waals surface area (Å²) in [5.41, 5.74) is 6.82. The van der Waals surface area contributed by atoms with E-state index in [9.17, 15) is 4.79 Å². The van der Waals surface area contributed by atoms with Gasteiger partial charge in [-0.1, -0.05) is 15.9 Å². The van der Waals surface area contributed by atoms with E-state index in [0.29, 0.717) is 18.9 Å². The first-order valence-electron chi connectivity index (χ1n) is 6.45. The van der Waals surface area contributed by atoms with Crippen LogP contribution in [0.15, 0.2) is 22.7 Å². The van der Waals surface area contributed by atoms with Gasteiger partial charge in [-0.25, -0.2) is 0 Å². The summed E-state index contributed by atoms with van der Waals surface area (Å²) in [5, 5.41) is 2.89. The van der Waals surface area contributed by atoms with Crippen LogP contribution in [0.3, 0.4) is 0 Å². The summed E-state index contributed by atoms with van der Waals surface area (Å²) in [6.45, 7) is 0.555. The molecule has 0 radical (unpaired) electrons. The molecule has 5 heteroatoms. The van der Waals surface area contributed by atoms with Crippen molar-refractivity contribution in [2.24, 2.45) is 11.7 Å². The van der Waals surface area contributed by atoms with Crippen LogP contribution in [-0.4, -0.2) is 25.6 Å². The molecule has 1 aromatic rings. The van der Waals surface area contributed by atoms with Crippen LogP contribution in [0.1, 0.15) is 18.4 Å². The predicted octanol–water partition coefficient (Wildman–Crippen LogP) is 1.85. The van der Waals surface area contributed by atoms with Gasteiger partial charge in [-0.05, 0) is 37.0 Å². The number of hydrogen-bond acceptors (Lipinski definition) is 3. The van der Waals surface area contributed by atoms with E-state index in [1.54, 1.807) is 7.11 Å². The molecule has 19 heavy (non-hydrogen) atoms. The summed E-state index contributed by atoms with van der Waals surface area (Å²) in [7, 11) is 1.60. The highest BCUT2D eigenvalue weighted by atomic mass is 79.9. The van der Waals surface area contributed by atoms with E-state index in [1.165, 1.54) is 12.8 Å². The first-order valence-corrected chi connectivity index (χ1v) is 7.24. The fourth-order valence-corrected chi connectivity index (χ4v) is 2.45. The van der Waals surface area contributed by atoms with Gasteiger partial charge in [0.25, 0.3) is 0 Å². The van der Waals surface area contributed by atoms with Crippen LogP contribution in [0.25, 0.3) is 0 Å². The summed E-state index contributed by atoms with van der Waals surface area (Å²) in [6, 6.07) is 5.74. The molecule has 1 saturated carbocycles. The molecule has 0 heterocycles. The van der Waals surface area contributed by atoms with E-state index in [1.807, 2.05) is 18.2 Å².